The van der Waals surface area contributed by atoms with Gasteiger partial charge in [-0.1, -0.05) is 37.8 Å². The summed E-state index contributed by atoms with van der Waals surface area (Å²) in [6, 6.07) is 4.05. The summed E-state index contributed by atoms with van der Waals surface area (Å²) in [5.74, 6) is 1.09. The lowest BCUT2D eigenvalue weighted by atomic mass is 10.1. The molecule has 0 unspecified atom stereocenters. The Morgan fingerprint density at radius 1 is 1.15 bits per heavy atom. The lowest BCUT2D eigenvalue weighted by molar-refractivity contribution is 0.553. The van der Waals surface area contributed by atoms with Gasteiger partial charge >= 0.3 is 0 Å². The zero-order valence-electron chi connectivity index (χ0n) is 12.5. The van der Waals surface area contributed by atoms with Gasteiger partial charge in [0.1, 0.15) is 5.82 Å². The molecule has 0 atom stereocenters. The molecule has 3 nitrogen and oxygen atoms in total. The minimum atomic E-state index is 0.758. The number of nitrogens with zero attached hydrogens (tertiary/aromatic N) is 2. The topological polar surface area (TPSA) is 28.2 Å². The highest BCUT2D eigenvalue weighted by Gasteiger charge is 2.12. The van der Waals surface area contributed by atoms with Crippen molar-refractivity contribution < 1.29 is 0 Å². The summed E-state index contributed by atoms with van der Waals surface area (Å²) in [6.07, 6.45) is 7.74. The van der Waals surface area contributed by atoms with Gasteiger partial charge in [-0.15, -0.1) is 0 Å². The second-order valence-electron chi connectivity index (χ2n) is 5.53. The second kappa shape index (κ2) is 8.48. The van der Waals surface area contributed by atoms with Gasteiger partial charge in [0.25, 0.3) is 0 Å². The molecule has 0 aromatic carbocycles. The molecule has 0 saturated carbocycles. The van der Waals surface area contributed by atoms with Crippen molar-refractivity contribution >= 4 is 17.4 Å². The normalized spacial score (nSPS) is 16.8. The Balaban J connectivity index is 2.04. The molecule has 112 valence electrons. The lowest BCUT2D eigenvalue weighted by Gasteiger charge is -2.26. The van der Waals surface area contributed by atoms with Crippen LogP contribution in [0.2, 0.25) is 5.02 Å². The van der Waals surface area contributed by atoms with Gasteiger partial charge in [0, 0.05) is 19.6 Å². The molecule has 1 aliphatic rings. The van der Waals surface area contributed by atoms with Gasteiger partial charge in [-0.05, 0) is 37.9 Å². The molecule has 0 bridgehead atoms. The van der Waals surface area contributed by atoms with Gasteiger partial charge in [-0.25, -0.2) is 4.98 Å². The van der Waals surface area contributed by atoms with Gasteiger partial charge in [-0.2, -0.15) is 0 Å². The zero-order chi connectivity index (χ0) is 14.2. The second-order valence-corrected chi connectivity index (χ2v) is 5.94. The molecule has 0 radical (unpaired) electrons. The summed E-state index contributed by atoms with van der Waals surface area (Å²) in [6.45, 7) is 6.17. The van der Waals surface area contributed by atoms with Crippen LogP contribution in [0.5, 0.6) is 0 Å². The van der Waals surface area contributed by atoms with Gasteiger partial charge in [0.15, 0.2) is 0 Å². The maximum Gasteiger partial charge on any atom is 0.128 e. The van der Waals surface area contributed by atoms with Crippen molar-refractivity contribution in [1.82, 2.24) is 10.3 Å². The fourth-order valence-corrected chi connectivity index (χ4v) is 2.81. The van der Waals surface area contributed by atoms with Crippen LogP contribution in [-0.4, -0.2) is 24.6 Å². The molecule has 20 heavy (non-hydrogen) atoms. The van der Waals surface area contributed by atoms with Crippen LogP contribution < -0.4 is 10.2 Å². The first-order valence-corrected chi connectivity index (χ1v) is 8.30. The maximum atomic E-state index is 6.25. The largest absolute Gasteiger partial charge is 0.357 e. The van der Waals surface area contributed by atoms with Crippen molar-refractivity contribution in [1.29, 1.82) is 0 Å². The minimum absolute atomic E-state index is 0.758. The molecular weight excluding hydrogens is 270 g/mol. The first kappa shape index (κ1) is 15.6. The van der Waals surface area contributed by atoms with Crippen LogP contribution in [0, 0.1) is 0 Å². The van der Waals surface area contributed by atoms with E-state index >= 15 is 0 Å². The molecule has 4 heteroatoms. The third-order valence-corrected chi connectivity index (χ3v) is 4.15. The van der Waals surface area contributed by atoms with E-state index in [0.717, 1.165) is 49.1 Å². The van der Waals surface area contributed by atoms with Crippen LogP contribution in [0.15, 0.2) is 12.1 Å². The molecular formula is C16H26ClN3. The molecule has 1 aliphatic heterocycles. The fourth-order valence-electron chi connectivity index (χ4n) is 2.63. The van der Waals surface area contributed by atoms with Crippen molar-refractivity contribution in [2.24, 2.45) is 0 Å². The number of hydrogen-bond donors (Lipinski definition) is 1. The number of nitrogens with one attached hydrogen (secondary N) is 1. The van der Waals surface area contributed by atoms with Crippen LogP contribution in [0.1, 0.15) is 51.1 Å². The van der Waals surface area contributed by atoms with Gasteiger partial charge < -0.3 is 10.2 Å². The predicted molar refractivity (Wildman–Crippen MR) is 86.5 cm³/mol. The van der Waals surface area contributed by atoms with E-state index in [1.807, 2.05) is 6.07 Å². The minimum Gasteiger partial charge on any atom is -0.357 e. The number of pyridine rings is 1. The molecule has 0 aliphatic carbocycles. The Morgan fingerprint density at radius 3 is 2.55 bits per heavy atom. The number of rotatable bonds is 5. The van der Waals surface area contributed by atoms with E-state index in [0.29, 0.717) is 0 Å². The average Bonchev–Trinajstić information content (AvgIpc) is 2.41. The molecule has 1 saturated heterocycles. The van der Waals surface area contributed by atoms with Crippen LogP contribution >= 0.6 is 11.6 Å². The van der Waals surface area contributed by atoms with Crippen molar-refractivity contribution in [2.45, 2.75) is 52.0 Å². The maximum absolute atomic E-state index is 6.25. The molecule has 0 amide bonds. The molecule has 1 N–H and O–H groups in total. The van der Waals surface area contributed by atoms with Crippen molar-refractivity contribution in [3.63, 3.8) is 0 Å². The number of hydrogen-bond acceptors (Lipinski definition) is 3. The molecule has 1 aromatic heterocycles. The first-order valence-electron chi connectivity index (χ1n) is 7.92. The van der Waals surface area contributed by atoms with E-state index in [4.69, 9.17) is 16.6 Å². The Hall–Kier alpha value is -0.800. The standard InChI is InChI=1S/C16H26ClN3/c1-2-10-18-13-15-14(17)8-9-16(19-15)20-11-6-4-3-5-7-12-20/h8-9,18H,2-7,10-13H2,1H3. The van der Waals surface area contributed by atoms with E-state index in [-0.39, 0.29) is 0 Å². The van der Waals surface area contributed by atoms with Gasteiger partial charge in [0.2, 0.25) is 0 Å². The number of aromatic nitrogens is 1. The summed E-state index contributed by atoms with van der Waals surface area (Å²) in [7, 11) is 0. The highest BCUT2D eigenvalue weighted by Crippen LogP contribution is 2.21. The molecule has 1 aromatic rings. The van der Waals surface area contributed by atoms with E-state index in [9.17, 15) is 0 Å². The van der Waals surface area contributed by atoms with E-state index in [1.54, 1.807) is 0 Å². The van der Waals surface area contributed by atoms with Gasteiger partial charge in [0.05, 0.1) is 10.7 Å². The summed E-state index contributed by atoms with van der Waals surface area (Å²) in [5, 5.41) is 4.15. The zero-order valence-corrected chi connectivity index (χ0v) is 13.3. The molecule has 1 fully saturated rings. The monoisotopic (exact) mass is 295 g/mol. The lowest BCUT2D eigenvalue weighted by Crippen LogP contribution is -2.28. The van der Waals surface area contributed by atoms with Crippen LogP contribution in [0.4, 0.5) is 5.82 Å². The van der Waals surface area contributed by atoms with Crippen LogP contribution in [-0.2, 0) is 6.54 Å². The third-order valence-electron chi connectivity index (χ3n) is 3.80. The molecule has 0 spiro atoms. The predicted octanol–water partition coefficient (Wildman–Crippen LogP) is 4.01. The molecule has 2 heterocycles. The Kier molecular flexibility index (Phi) is 6.61. The SMILES string of the molecule is CCCNCc1nc(N2CCCCCCC2)ccc1Cl. The number of anilines is 1. The van der Waals surface area contributed by atoms with Gasteiger partial charge in [-0.3, -0.25) is 0 Å². The fraction of sp³-hybridized carbons (Fsp3) is 0.688. The average molecular weight is 296 g/mol. The third kappa shape index (κ3) is 4.64. The highest BCUT2D eigenvalue weighted by atomic mass is 35.5. The Labute approximate surface area is 127 Å². The summed E-state index contributed by atoms with van der Waals surface area (Å²) < 4.78 is 0. The van der Waals surface area contributed by atoms with Crippen molar-refractivity contribution in [3.05, 3.63) is 22.8 Å². The highest BCUT2D eigenvalue weighted by molar-refractivity contribution is 6.31. The van der Waals surface area contributed by atoms with Crippen molar-refractivity contribution in [3.8, 4) is 0 Å². The van der Waals surface area contributed by atoms with E-state index < -0.39 is 0 Å². The van der Waals surface area contributed by atoms with Crippen LogP contribution in [0.25, 0.3) is 0 Å². The van der Waals surface area contributed by atoms with Crippen molar-refractivity contribution in [2.75, 3.05) is 24.5 Å². The smallest absolute Gasteiger partial charge is 0.128 e. The first-order chi connectivity index (χ1) is 9.81. The molecule has 2 rings (SSSR count). The quantitative estimate of drug-likeness (QED) is 0.832. The summed E-state index contributed by atoms with van der Waals surface area (Å²) in [5.41, 5.74) is 0.972. The Bertz CT molecular complexity index is 401. The number of halogens is 1. The Morgan fingerprint density at radius 2 is 1.85 bits per heavy atom. The summed E-state index contributed by atoms with van der Waals surface area (Å²) >= 11 is 6.25. The van der Waals surface area contributed by atoms with E-state index in [1.165, 1.54) is 32.1 Å². The van der Waals surface area contributed by atoms with E-state index in [2.05, 4.69) is 23.2 Å². The summed E-state index contributed by atoms with van der Waals surface area (Å²) in [4.78, 5) is 7.19. The van der Waals surface area contributed by atoms with Crippen LogP contribution in [0.3, 0.4) is 0 Å².